The second-order valence-electron chi connectivity index (χ2n) is 5.39. The molecule has 2 aromatic rings. The Kier molecular flexibility index (Phi) is 6.78. The van der Waals surface area contributed by atoms with Crippen LogP contribution >= 0.6 is 0 Å². The number of nitrogens with two attached hydrogens (primary N) is 1. The van der Waals surface area contributed by atoms with Crippen molar-refractivity contribution in [3.8, 4) is 5.75 Å². The average Bonchev–Trinajstić information content (AvgIpc) is 2.62. The number of pyridine rings is 1. The lowest BCUT2D eigenvalue weighted by Crippen LogP contribution is -2.11. The Morgan fingerprint density at radius 1 is 1.12 bits per heavy atom. The summed E-state index contributed by atoms with van der Waals surface area (Å²) in [6, 6.07) is 10.0. The molecule has 0 radical (unpaired) electrons. The molecule has 26 heavy (non-hydrogen) atoms. The van der Waals surface area contributed by atoms with Gasteiger partial charge in [-0.3, -0.25) is 9.59 Å². The van der Waals surface area contributed by atoms with Crippen LogP contribution in [-0.2, 0) is 9.59 Å². The number of carbonyl (C=O) groups excluding carboxylic acids is 2. The van der Waals surface area contributed by atoms with Crippen LogP contribution in [0.15, 0.2) is 46.6 Å². The third kappa shape index (κ3) is 5.37. The molecule has 0 bridgehead atoms. The number of amides is 1. The number of hydrogen-bond acceptors (Lipinski definition) is 7. The molecule has 0 saturated heterocycles. The highest BCUT2D eigenvalue weighted by Gasteiger charge is 2.09. The van der Waals surface area contributed by atoms with Gasteiger partial charge in [0.25, 0.3) is 0 Å². The molecule has 8 heteroatoms. The van der Waals surface area contributed by atoms with Crippen molar-refractivity contribution in [1.82, 2.24) is 4.98 Å². The van der Waals surface area contributed by atoms with Crippen molar-refractivity contribution in [2.75, 3.05) is 11.1 Å². The molecule has 1 amide bonds. The fourth-order valence-corrected chi connectivity index (χ4v) is 1.96. The van der Waals surface area contributed by atoms with Gasteiger partial charge in [-0.25, -0.2) is 4.98 Å². The monoisotopic (exact) mass is 355 g/mol. The maximum atomic E-state index is 11.7. The Morgan fingerprint density at radius 2 is 1.85 bits per heavy atom. The van der Waals surface area contributed by atoms with Gasteiger partial charge in [0.15, 0.2) is 11.6 Å². The van der Waals surface area contributed by atoms with Gasteiger partial charge in [-0.15, -0.1) is 10.2 Å². The molecule has 2 rings (SSSR count). The van der Waals surface area contributed by atoms with E-state index in [1.165, 1.54) is 0 Å². The predicted octanol–water partition coefficient (Wildman–Crippen LogP) is 4.13. The van der Waals surface area contributed by atoms with E-state index in [4.69, 9.17) is 10.5 Å². The topological polar surface area (TPSA) is 119 Å². The highest BCUT2D eigenvalue weighted by atomic mass is 16.5. The predicted molar refractivity (Wildman–Crippen MR) is 98.7 cm³/mol. The second kappa shape index (κ2) is 9.26. The number of esters is 1. The summed E-state index contributed by atoms with van der Waals surface area (Å²) in [6.07, 6.45) is 1.37. The van der Waals surface area contributed by atoms with Crippen LogP contribution < -0.4 is 15.8 Å². The van der Waals surface area contributed by atoms with Crippen molar-refractivity contribution in [2.45, 2.75) is 33.1 Å². The molecule has 3 N–H and O–H groups in total. The minimum atomic E-state index is -0.327. The Hall–Kier alpha value is -3.29. The van der Waals surface area contributed by atoms with Crippen molar-refractivity contribution in [3.63, 3.8) is 0 Å². The molecule has 0 atom stereocenters. The SMILES string of the molecule is CCCC(=O)Oc1ccccc1/N=N/c1ccc(NC(=O)CC)nc1N. The van der Waals surface area contributed by atoms with Crippen LogP contribution in [0.1, 0.15) is 33.1 Å². The Labute approximate surface area is 151 Å². The highest BCUT2D eigenvalue weighted by Crippen LogP contribution is 2.30. The van der Waals surface area contributed by atoms with Gasteiger partial charge in [0, 0.05) is 12.8 Å². The molecular weight excluding hydrogens is 334 g/mol. The molecule has 0 saturated carbocycles. The van der Waals surface area contributed by atoms with Gasteiger partial charge in [0.2, 0.25) is 5.91 Å². The molecule has 0 aliphatic carbocycles. The average molecular weight is 355 g/mol. The van der Waals surface area contributed by atoms with E-state index >= 15 is 0 Å². The largest absolute Gasteiger partial charge is 0.424 e. The number of aromatic nitrogens is 1. The molecule has 0 fully saturated rings. The van der Waals surface area contributed by atoms with Gasteiger partial charge in [-0.2, -0.15) is 0 Å². The number of nitrogens with one attached hydrogen (secondary N) is 1. The van der Waals surface area contributed by atoms with Crippen LogP contribution in [0, 0.1) is 0 Å². The van der Waals surface area contributed by atoms with Crippen LogP contribution in [0.4, 0.5) is 23.0 Å². The van der Waals surface area contributed by atoms with Crippen molar-refractivity contribution in [3.05, 3.63) is 36.4 Å². The molecule has 1 aromatic carbocycles. The zero-order valence-corrected chi connectivity index (χ0v) is 14.7. The third-order valence-electron chi connectivity index (χ3n) is 3.30. The summed E-state index contributed by atoms with van der Waals surface area (Å²) >= 11 is 0. The van der Waals surface area contributed by atoms with E-state index in [-0.39, 0.29) is 17.7 Å². The Balaban J connectivity index is 2.17. The first-order valence-corrected chi connectivity index (χ1v) is 8.31. The Morgan fingerprint density at radius 3 is 2.54 bits per heavy atom. The summed E-state index contributed by atoms with van der Waals surface area (Å²) in [7, 11) is 0. The van der Waals surface area contributed by atoms with Crippen LogP contribution in [-0.4, -0.2) is 16.9 Å². The molecule has 1 aromatic heterocycles. The van der Waals surface area contributed by atoms with E-state index < -0.39 is 0 Å². The highest BCUT2D eigenvalue weighted by molar-refractivity contribution is 5.89. The van der Waals surface area contributed by atoms with Crippen molar-refractivity contribution >= 4 is 34.9 Å². The molecule has 136 valence electrons. The van der Waals surface area contributed by atoms with Gasteiger partial charge in [0.1, 0.15) is 17.2 Å². The minimum absolute atomic E-state index is 0.128. The molecule has 8 nitrogen and oxygen atoms in total. The lowest BCUT2D eigenvalue weighted by atomic mass is 10.3. The van der Waals surface area contributed by atoms with Gasteiger partial charge in [-0.1, -0.05) is 26.0 Å². The zero-order chi connectivity index (χ0) is 18.9. The van der Waals surface area contributed by atoms with Gasteiger partial charge in [0.05, 0.1) is 0 Å². The molecule has 0 unspecified atom stereocenters. The molecule has 0 aliphatic rings. The number of nitrogen functional groups attached to an aromatic ring is 1. The molecule has 0 aliphatic heterocycles. The lowest BCUT2D eigenvalue weighted by Gasteiger charge is -2.06. The summed E-state index contributed by atoms with van der Waals surface area (Å²) in [5.74, 6) is 0.319. The number of nitrogens with zero attached hydrogens (tertiary/aromatic N) is 3. The number of rotatable bonds is 7. The first-order valence-electron chi connectivity index (χ1n) is 8.31. The number of anilines is 2. The molecule has 0 spiro atoms. The van der Waals surface area contributed by atoms with Crippen LogP contribution in [0.3, 0.4) is 0 Å². The van der Waals surface area contributed by atoms with E-state index in [1.807, 2.05) is 6.92 Å². The minimum Gasteiger partial charge on any atom is -0.424 e. The number of benzene rings is 1. The fraction of sp³-hybridized carbons (Fsp3) is 0.278. The number of azo groups is 1. The lowest BCUT2D eigenvalue weighted by molar-refractivity contribution is -0.134. The normalized spacial score (nSPS) is 10.7. The summed E-state index contributed by atoms with van der Waals surface area (Å²) in [5.41, 5.74) is 6.60. The van der Waals surface area contributed by atoms with Crippen molar-refractivity contribution < 1.29 is 14.3 Å². The summed E-state index contributed by atoms with van der Waals surface area (Å²) in [4.78, 5) is 27.1. The number of ether oxygens (including phenoxy) is 1. The standard InChI is InChI=1S/C18H21N5O3/c1-3-7-17(25)26-14-9-6-5-8-12(14)22-23-13-10-11-15(21-18(13)19)20-16(24)4-2/h5-6,8-11H,3-4,7H2,1-2H3,(H3,19,20,21,24)/b23-22+. The Bertz CT molecular complexity index is 820. The van der Waals surface area contributed by atoms with E-state index in [0.29, 0.717) is 42.2 Å². The van der Waals surface area contributed by atoms with E-state index in [1.54, 1.807) is 43.3 Å². The molecular formula is C18H21N5O3. The first-order chi connectivity index (χ1) is 12.5. The quantitative estimate of drug-likeness (QED) is 0.439. The van der Waals surface area contributed by atoms with Crippen LogP contribution in [0.5, 0.6) is 5.75 Å². The number of hydrogen-bond donors (Lipinski definition) is 2. The fourth-order valence-electron chi connectivity index (χ4n) is 1.96. The number of para-hydroxylation sites is 1. The summed E-state index contributed by atoms with van der Waals surface area (Å²) in [6.45, 7) is 3.64. The van der Waals surface area contributed by atoms with E-state index in [9.17, 15) is 9.59 Å². The zero-order valence-electron chi connectivity index (χ0n) is 14.7. The maximum Gasteiger partial charge on any atom is 0.311 e. The van der Waals surface area contributed by atoms with Crippen LogP contribution in [0.2, 0.25) is 0 Å². The van der Waals surface area contributed by atoms with E-state index in [2.05, 4.69) is 20.5 Å². The van der Waals surface area contributed by atoms with Gasteiger partial charge < -0.3 is 15.8 Å². The smallest absolute Gasteiger partial charge is 0.311 e. The first kappa shape index (κ1) is 19.0. The van der Waals surface area contributed by atoms with Crippen molar-refractivity contribution in [1.29, 1.82) is 0 Å². The van der Waals surface area contributed by atoms with Crippen molar-refractivity contribution in [2.24, 2.45) is 10.2 Å². The maximum absolute atomic E-state index is 11.7. The molecule has 1 heterocycles. The third-order valence-corrected chi connectivity index (χ3v) is 3.30. The summed E-state index contributed by atoms with van der Waals surface area (Å²) in [5, 5.41) is 10.8. The number of carbonyl (C=O) groups is 2. The van der Waals surface area contributed by atoms with Gasteiger partial charge >= 0.3 is 5.97 Å². The van der Waals surface area contributed by atoms with E-state index in [0.717, 1.165) is 0 Å². The second-order valence-corrected chi connectivity index (χ2v) is 5.39. The summed E-state index contributed by atoms with van der Waals surface area (Å²) < 4.78 is 5.29. The van der Waals surface area contributed by atoms with Crippen LogP contribution in [0.25, 0.3) is 0 Å². The van der Waals surface area contributed by atoms with Gasteiger partial charge in [-0.05, 0) is 30.7 Å².